The van der Waals surface area contributed by atoms with E-state index < -0.39 is 7.60 Å². The minimum absolute atomic E-state index is 0.125. The molecule has 0 fully saturated rings. The number of benzene rings is 3. The van der Waals surface area contributed by atoms with Crippen molar-refractivity contribution in [3.63, 3.8) is 0 Å². The summed E-state index contributed by atoms with van der Waals surface area (Å²) in [5.74, 6) is 0. The van der Waals surface area contributed by atoms with Crippen molar-refractivity contribution in [3.8, 4) is 5.69 Å². The number of hydrogen-bond acceptors (Lipinski definition) is 4. The van der Waals surface area contributed by atoms with Crippen LogP contribution in [0.2, 0.25) is 0 Å². The topological polar surface area (TPSA) is 107 Å². The number of rotatable bonds is 11. The van der Waals surface area contributed by atoms with E-state index in [1.807, 2.05) is 36.4 Å². The van der Waals surface area contributed by atoms with Gasteiger partial charge in [0.25, 0.3) is 0 Å². The van der Waals surface area contributed by atoms with Crippen LogP contribution in [0, 0.1) is 6.92 Å². The molecule has 3 aromatic carbocycles. The molecule has 36 heavy (non-hydrogen) atoms. The Labute approximate surface area is 211 Å². The molecular formula is C28H32N3O4P. The van der Waals surface area contributed by atoms with E-state index >= 15 is 0 Å². The van der Waals surface area contributed by atoms with Crippen LogP contribution < -0.4 is 5.32 Å². The fraction of sp³-hybridized carbons (Fsp3) is 0.250. The Hall–Kier alpha value is -3.22. The van der Waals surface area contributed by atoms with Crippen molar-refractivity contribution in [2.75, 3.05) is 12.7 Å². The number of aromatic nitrogens is 1. The average molecular weight is 506 g/mol. The fourth-order valence-electron chi connectivity index (χ4n) is 4.62. The molecule has 0 amide bonds. The highest BCUT2D eigenvalue weighted by Gasteiger charge is 2.20. The molecule has 1 aromatic heterocycles. The van der Waals surface area contributed by atoms with Gasteiger partial charge in [0, 0.05) is 28.9 Å². The SMILES string of the molecule is Cc1c(/C(CCc2ccccc2)=N\O)c2cc(CNCCCP(=O)(O)O)ccc2n1-c1ccccc1. The predicted octanol–water partition coefficient (Wildman–Crippen LogP) is 5.41. The molecule has 0 aliphatic carbocycles. The van der Waals surface area contributed by atoms with E-state index in [0.717, 1.165) is 39.8 Å². The monoisotopic (exact) mass is 505 g/mol. The lowest BCUT2D eigenvalue weighted by molar-refractivity contribution is 0.318. The van der Waals surface area contributed by atoms with Crippen molar-refractivity contribution < 1.29 is 19.6 Å². The van der Waals surface area contributed by atoms with Crippen LogP contribution in [-0.4, -0.2) is 38.0 Å². The molecule has 0 saturated carbocycles. The van der Waals surface area contributed by atoms with Gasteiger partial charge in [0.15, 0.2) is 0 Å². The summed E-state index contributed by atoms with van der Waals surface area (Å²) in [6.45, 7) is 3.14. The number of para-hydroxylation sites is 1. The number of hydrogen-bond donors (Lipinski definition) is 4. The highest BCUT2D eigenvalue weighted by molar-refractivity contribution is 7.51. The van der Waals surface area contributed by atoms with E-state index in [-0.39, 0.29) is 6.16 Å². The molecule has 4 N–H and O–H groups in total. The third-order valence-corrected chi connectivity index (χ3v) is 7.22. The number of oxime groups is 1. The normalized spacial score (nSPS) is 12.4. The molecule has 0 radical (unpaired) electrons. The quantitative estimate of drug-likeness (QED) is 0.0717. The third kappa shape index (κ3) is 6.31. The van der Waals surface area contributed by atoms with Gasteiger partial charge in [-0.3, -0.25) is 4.57 Å². The van der Waals surface area contributed by atoms with Gasteiger partial charge in [-0.25, -0.2) is 0 Å². The summed E-state index contributed by atoms with van der Waals surface area (Å²) >= 11 is 0. The second-order valence-corrected chi connectivity index (χ2v) is 10.7. The van der Waals surface area contributed by atoms with E-state index in [1.165, 1.54) is 5.56 Å². The zero-order valence-electron chi connectivity index (χ0n) is 20.3. The molecule has 0 saturated heterocycles. The van der Waals surface area contributed by atoms with Crippen LogP contribution in [-0.2, 0) is 17.5 Å². The highest BCUT2D eigenvalue weighted by Crippen LogP contribution is 2.34. The summed E-state index contributed by atoms with van der Waals surface area (Å²) in [6.07, 6.45) is 1.64. The molecule has 7 nitrogen and oxygen atoms in total. The van der Waals surface area contributed by atoms with Crippen molar-refractivity contribution in [1.82, 2.24) is 9.88 Å². The second-order valence-electron chi connectivity index (χ2n) is 8.93. The van der Waals surface area contributed by atoms with Crippen LogP contribution in [0.5, 0.6) is 0 Å². The van der Waals surface area contributed by atoms with Gasteiger partial charge in [0.2, 0.25) is 0 Å². The van der Waals surface area contributed by atoms with Gasteiger partial charge in [0.05, 0.1) is 17.4 Å². The lowest BCUT2D eigenvalue weighted by Gasteiger charge is -2.09. The van der Waals surface area contributed by atoms with Crippen molar-refractivity contribution in [3.05, 3.63) is 101 Å². The van der Waals surface area contributed by atoms with Gasteiger partial charge in [-0.2, -0.15) is 0 Å². The fourth-order valence-corrected chi connectivity index (χ4v) is 5.20. The molecule has 188 valence electrons. The summed E-state index contributed by atoms with van der Waals surface area (Å²) in [7, 11) is -3.97. The highest BCUT2D eigenvalue weighted by atomic mass is 31.2. The first-order valence-corrected chi connectivity index (χ1v) is 13.9. The standard InChI is InChI=1S/C28H32N3O4P/c1-21-28(26(30-32)15-13-22-9-4-2-5-10-22)25-19-23(20-29-17-8-18-36(33,34)35)14-16-27(25)31(21)24-11-6-3-7-12-24/h2-7,9-12,14,16,19,29,32H,8,13,15,17-18,20H2,1H3,(H2,33,34,35)/b30-26-. The van der Waals surface area contributed by atoms with E-state index in [2.05, 4.69) is 64.4 Å². The molecule has 0 spiro atoms. The molecule has 0 aliphatic rings. The summed E-state index contributed by atoms with van der Waals surface area (Å²) in [6, 6.07) is 26.5. The molecule has 0 bridgehead atoms. The predicted molar refractivity (Wildman–Crippen MR) is 144 cm³/mol. The van der Waals surface area contributed by atoms with E-state index in [9.17, 15) is 9.77 Å². The van der Waals surface area contributed by atoms with Crippen LogP contribution in [0.4, 0.5) is 0 Å². The number of nitrogens with one attached hydrogen (secondary N) is 1. The maximum atomic E-state index is 11.1. The number of aryl methyl sites for hydroxylation is 1. The van der Waals surface area contributed by atoms with Crippen molar-refractivity contribution in [1.29, 1.82) is 0 Å². The largest absolute Gasteiger partial charge is 0.411 e. The Kier molecular flexibility index (Phi) is 8.39. The van der Waals surface area contributed by atoms with Crippen LogP contribution in [0.3, 0.4) is 0 Å². The average Bonchev–Trinajstić information content (AvgIpc) is 3.16. The summed E-state index contributed by atoms with van der Waals surface area (Å²) in [4.78, 5) is 18.1. The van der Waals surface area contributed by atoms with Crippen LogP contribution in [0.1, 0.15) is 35.2 Å². The zero-order chi connectivity index (χ0) is 25.5. The minimum Gasteiger partial charge on any atom is -0.411 e. The molecule has 0 atom stereocenters. The second kappa shape index (κ2) is 11.7. The van der Waals surface area contributed by atoms with Crippen molar-refractivity contribution in [2.45, 2.75) is 32.7 Å². The van der Waals surface area contributed by atoms with E-state index in [0.29, 0.717) is 31.6 Å². The van der Waals surface area contributed by atoms with Crippen LogP contribution in [0.25, 0.3) is 16.6 Å². The number of fused-ring (bicyclic) bond motifs is 1. The maximum absolute atomic E-state index is 11.1. The first kappa shape index (κ1) is 25.9. The van der Waals surface area contributed by atoms with E-state index in [1.54, 1.807) is 0 Å². The molecule has 4 rings (SSSR count). The Morgan fingerprint density at radius 3 is 2.33 bits per heavy atom. The molecule has 8 heteroatoms. The van der Waals surface area contributed by atoms with Crippen LogP contribution in [0.15, 0.2) is 84.0 Å². The Morgan fingerprint density at radius 2 is 1.67 bits per heavy atom. The molecule has 4 aromatic rings. The Balaban J connectivity index is 1.66. The van der Waals surface area contributed by atoms with Crippen molar-refractivity contribution in [2.24, 2.45) is 5.16 Å². The molecular weight excluding hydrogens is 473 g/mol. The Morgan fingerprint density at radius 1 is 0.972 bits per heavy atom. The zero-order valence-corrected chi connectivity index (χ0v) is 21.2. The summed E-state index contributed by atoms with van der Waals surface area (Å²) < 4.78 is 13.3. The first-order chi connectivity index (χ1) is 17.4. The van der Waals surface area contributed by atoms with Gasteiger partial charge in [-0.1, -0.05) is 59.8 Å². The lowest BCUT2D eigenvalue weighted by Crippen LogP contribution is -2.15. The molecule has 1 heterocycles. The molecule has 0 aliphatic heterocycles. The van der Waals surface area contributed by atoms with Gasteiger partial charge in [0.1, 0.15) is 0 Å². The van der Waals surface area contributed by atoms with E-state index in [4.69, 9.17) is 9.79 Å². The van der Waals surface area contributed by atoms with Gasteiger partial charge in [-0.05, 0) is 68.1 Å². The summed E-state index contributed by atoms with van der Waals surface area (Å²) in [5, 5.41) is 18.1. The smallest absolute Gasteiger partial charge is 0.325 e. The number of nitrogens with zero attached hydrogens (tertiary/aromatic N) is 2. The minimum atomic E-state index is -3.97. The lowest BCUT2D eigenvalue weighted by atomic mass is 9.98. The van der Waals surface area contributed by atoms with Gasteiger partial charge >= 0.3 is 7.60 Å². The maximum Gasteiger partial charge on any atom is 0.325 e. The van der Waals surface area contributed by atoms with Gasteiger partial charge in [-0.15, -0.1) is 0 Å². The molecule has 0 unspecified atom stereocenters. The van der Waals surface area contributed by atoms with Crippen LogP contribution >= 0.6 is 7.60 Å². The van der Waals surface area contributed by atoms with Crippen molar-refractivity contribution >= 4 is 24.2 Å². The third-order valence-electron chi connectivity index (χ3n) is 6.32. The Bertz CT molecular complexity index is 1380. The first-order valence-electron chi connectivity index (χ1n) is 12.1. The van der Waals surface area contributed by atoms with Gasteiger partial charge < -0.3 is 24.9 Å². The summed E-state index contributed by atoms with van der Waals surface area (Å²) in [5.41, 5.74) is 6.87.